The number of hydrogen-bond donors (Lipinski definition) is 1. The lowest BCUT2D eigenvalue weighted by molar-refractivity contribution is 0.686. The number of aryl methyl sites for hydroxylation is 1. The number of H-pyrrole nitrogens is 1. The van der Waals surface area contributed by atoms with Gasteiger partial charge in [0.15, 0.2) is 5.65 Å². The normalized spacial score (nSPS) is 11.4. The zero-order chi connectivity index (χ0) is 21.2. The second kappa shape index (κ2) is 8.56. The molecular weight excluding hydrogens is 430 g/mol. The van der Waals surface area contributed by atoms with Crippen molar-refractivity contribution in [1.82, 2.24) is 35.2 Å². The summed E-state index contributed by atoms with van der Waals surface area (Å²) in [5.41, 5.74) is 5.13. The SMILES string of the molecule is CCCCc1nc2cccnc2n1Cc1ccc(-c2cc(Cl)sc2-c2nn[nH]n2)cc1. The predicted octanol–water partition coefficient (Wildman–Crippen LogP) is 5.38. The number of benzene rings is 1. The van der Waals surface area contributed by atoms with Crippen LogP contribution < -0.4 is 0 Å². The van der Waals surface area contributed by atoms with Crippen LogP contribution in [0.4, 0.5) is 0 Å². The van der Waals surface area contributed by atoms with Crippen LogP contribution in [0.3, 0.4) is 0 Å². The van der Waals surface area contributed by atoms with Crippen molar-refractivity contribution in [3.8, 4) is 21.8 Å². The lowest BCUT2D eigenvalue weighted by Gasteiger charge is -2.10. The Morgan fingerprint density at radius 3 is 2.81 bits per heavy atom. The summed E-state index contributed by atoms with van der Waals surface area (Å²) < 4.78 is 2.92. The summed E-state index contributed by atoms with van der Waals surface area (Å²) in [5.74, 6) is 1.64. The Morgan fingerprint density at radius 2 is 2.03 bits per heavy atom. The standard InChI is InChI=1S/C22H20ClN7S/c1-2-3-6-19-25-17-5-4-11-24-22(17)30(19)13-14-7-9-15(10-8-14)16-12-18(23)31-20(16)21-26-28-29-27-21/h4-5,7-12H,2-3,6,13H2,1H3,(H,26,27,28,29). The highest BCUT2D eigenvalue weighted by Crippen LogP contribution is 2.39. The fourth-order valence-corrected chi connectivity index (χ4v) is 4.85. The Labute approximate surface area is 188 Å². The van der Waals surface area contributed by atoms with Crippen molar-refractivity contribution < 1.29 is 0 Å². The highest BCUT2D eigenvalue weighted by Gasteiger charge is 2.16. The molecule has 156 valence electrons. The van der Waals surface area contributed by atoms with E-state index in [1.807, 2.05) is 24.4 Å². The Balaban J connectivity index is 1.46. The van der Waals surface area contributed by atoms with Crippen LogP contribution in [0.1, 0.15) is 31.2 Å². The molecule has 9 heteroatoms. The van der Waals surface area contributed by atoms with Gasteiger partial charge in [-0.3, -0.25) is 0 Å². The number of nitrogens with one attached hydrogen (secondary N) is 1. The van der Waals surface area contributed by atoms with E-state index in [4.69, 9.17) is 16.6 Å². The zero-order valence-corrected chi connectivity index (χ0v) is 18.5. The molecule has 7 nitrogen and oxygen atoms in total. The molecule has 0 aliphatic carbocycles. The topological polar surface area (TPSA) is 85.2 Å². The van der Waals surface area contributed by atoms with Gasteiger partial charge < -0.3 is 4.57 Å². The van der Waals surface area contributed by atoms with E-state index in [0.29, 0.717) is 10.2 Å². The maximum absolute atomic E-state index is 6.29. The molecule has 1 N–H and O–H groups in total. The van der Waals surface area contributed by atoms with Crippen molar-refractivity contribution >= 4 is 34.1 Å². The van der Waals surface area contributed by atoms with Gasteiger partial charge >= 0.3 is 0 Å². The molecule has 0 aliphatic rings. The number of nitrogens with zero attached hydrogens (tertiary/aromatic N) is 6. The summed E-state index contributed by atoms with van der Waals surface area (Å²) in [7, 11) is 0. The summed E-state index contributed by atoms with van der Waals surface area (Å²) in [4.78, 5) is 10.3. The summed E-state index contributed by atoms with van der Waals surface area (Å²) in [6.45, 7) is 2.93. The minimum Gasteiger partial charge on any atom is -0.308 e. The molecule has 5 rings (SSSR count). The Bertz CT molecular complexity index is 1310. The molecular formula is C22H20ClN7S. The largest absolute Gasteiger partial charge is 0.308 e. The summed E-state index contributed by atoms with van der Waals surface area (Å²) in [5, 5.41) is 14.4. The summed E-state index contributed by atoms with van der Waals surface area (Å²) >= 11 is 7.73. The van der Waals surface area contributed by atoms with Gasteiger partial charge in [0.1, 0.15) is 11.3 Å². The average Bonchev–Trinajstić information content (AvgIpc) is 3.52. The van der Waals surface area contributed by atoms with E-state index >= 15 is 0 Å². The Hall–Kier alpha value is -3.10. The molecule has 1 aromatic carbocycles. The zero-order valence-electron chi connectivity index (χ0n) is 16.9. The third kappa shape index (κ3) is 3.96. The van der Waals surface area contributed by atoms with Crippen molar-refractivity contribution in [3.05, 3.63) is 64.4 Å². The van der Waals surface area contributed by atoms with E-state index in [1.54, 1.807) is 0 Å². The van der Waals surface area contributed by atoms with Gasteiger partial charge in [0.2, 0.25) is 5.82 Å². The lowest BCUT2D eigenvalue weighted by atomic mass is 10.0. The van der Waals surface area contributed by atoms with E-state index in [-0.39, 0.29) is 0 Å². The molecule has 31 heavy (non-hydrogen) atoms. The van der Waals surface area contributed by atoms with Crippen LogP contribution in [0.5, 0.6) is 0 Å². The molecule has 0 spiro atoms. The molecule has 4 aromatic heterocycles. The molecule has 0 fully saturated rings. The van der Waals surface area contributed by atoms with Crippen LogP contribution in [0.2, 0.25) is 4.34 Å². The molecule has 5 aromatic rings. The molecule has 0 radical (unpaired) electrons. The smallest absolute Gasteiger partial charge is 0.215 e. The number of aromatic amines is 1. The van der Waals surface area contributed by atoms with Gasteiger partial charge in [-0.15, -0.1) is 21.5 Å². The van der Waals surface area contributed by atoms with Crippen molar-refractivity contribution in [2.24, 2.45) is 0 Å². The van der Waals surface area contributed by atoms with Crippen LogP contribution >= 0.6 is 22.9 Å². The second-order valence-corrected chi connectivity index (χ2v) is 8.97. The molecule has 0 saturated heterocycles. The first-order valence-electron chi connectivity index (χ1n) is 10.2. The number of fused-ring (bicyclic) bond motifs is 1. The number of rotatable bonds is 7. The highest BCUT2D eigenvalue weighted by atomic mass is 35.5. The number of pyridine rings is 1. The van der Waals surface area contributed by atoms with Gasteiger partial charge in [-0.1, -0.05) is 49.2 Å². The van der Waals surface area contributed by atoms with Gasteiger partial charge in [-0.2, -0.15) is 5.21 Å². The second-order valence-electron chi connectivity index (χ2n) is 7.29. The van der Waals surface area contributed by atoms with E-state index in [1.165, 1.54) is 16.9 Å². The minimum absolute atomic E-state index is 0.549. The predicted molar refractivity (Wildman–Crippen MR) is 123 cm³/mol. The molecule has 0 saturated carbocycles. The first-order chi connectivity index (χ1) is 15.2. The monoisotopic (exact) mass is 449 g/mol. The molecule has 0 unspecified atom stereocenters. The van der Waals surface area contributed by atoms with E-state index in [0.717, 1.165) is 58.8 Å². The Kier molecular flexibility index (Phi) is 5.48. The van der Waals surface area contributed by atoms with E-state index < -0.39 is 0 Å². The summed E-state index contributed by atoms with van der Waals surface area (Å²) in [6.07, 6.45) is 5.02. The fourth-order valence-electron chi connectivity index (χ4n) is 3.67. The fraction of sp³-hybridized carbons (Fsp3) is 0.227. The first kappa shape index (κ1) is 19.8. The third-order valence-corrected chi connectivity index (χ3v) is 6.45. The molecule has 4 heterocycles. The van der Waals surface area contributed by atoms with Crippen LogP contribution in [0, 0.1) is 0 Å². The molecule has 0 aliphatic heterocycles. The number of thiophene rings is 1. The van der Waals surface area contributed by atoms with Crippen molar-refractivity contribution in [2.75, 3.05) is 0 Å². The van der Waals surface area contributed by atoms with Crippen molar-refractivity contribution in [1.29, 1.82) is 0 Å². The van der Waals surface area contributed by atoms with Gasteiger partial charge in [0.25, 0.3) is 0 Å². The van der Waals surface area contributed by atoms with Gasteiger partial charge in [-0.05, 0) is 41.0 Å². The molecule has 0 bridgehead atoms. The Morgan fingerprint density at radius 1 is 1.16 bits per heavy atom. The van der Waals surface area contributed by atoms with Gasteiger partial charge in [0.05, 0.1) is 15.8 Å². The lowest BCUT2D eigenvalue weighted by Crippen LogP contribution is -2.06. The number of unbranched alkanes of at least 4 members (excludes halogenated alkanes) is 1. The van der Waals surface area contributed by atoms with Crippen LogP contribution in [0.25, 0.3) is 33.0 Å². The average molecular weight is 450 g/mol. The molecule has 0 atom stereocenters. The number of tetrazole rings is 1. The number of hydrogen-bond acceptors (Lipinski definition) is 6. The van der Waals surface area contributed by atoms with Crippen LogP contribution in [0.15, 0.2) is 48.7 Å². The van der Waals surface area contributed by atoms with Crippen molar-refractivity contribution in [2.45, 2.75) is 32.7 Å². The van der Waals surface area contributed by atoms with Crippen LogP contribution in [-0.4, -0.2) is 35.2 Å². The van der Waals surface area contributed by atoms with E-state index in [2.05, 4.69) is 61.4 Å². The number of halogens is 1. The van der Waals surface area contributed by atoms with Gasteiger partial charge in [0, 0.05) is 18.2 Å². The van der Waals surface area contributed by atoms with Gasteiger partial charge in [-0.25, -0.2) is 9.97 Å². The van der Waals surface area contributed by atoms with Crippen molar-refractivity contribution in [3.63, 3.8) is 0 Å². The highest BCUT2D eigenvalue weighted by molar-refractivity contribution is 7.19. The number of imidazole rings is 1. The van der Waals surface area contributed by atoms with Crippen LogP contribution in [-0.2, 0) is 13.0 Å². The molecule has 0 amide bonds. The van der Waals surface area contributed by atoms with E-state index in [9.17, 15) is 0 Å². The minimum atomic E-state index is 0.549. The maximum Gasteiger partial charge on any atom is 0.215 e. The summed E-state index contributed by atoms with van der Waals surface area (Å²) in [6, 6.07) is 14.4. The maximum atomic E-state index is 6.29. The first-order valence-corrected chi connectivity index (χ1v) is 11.3. The third-order valence-electron chi connectivity index (χ3n) is 5.19. The quantitative estimate of drug-likeness (QED) is 0.360. The number of aromatic nitrogens is 7.